The number of sulfonamides is 1. The van der Waals surface area contributed by atoms with Gasteiger partial charge in [-0.05, 0) is 46.2 Å². The summed E-state index contributed by atoms with van der Waals surface area (Å²) in [5.41, 5.74) is 2.10. The summed E-state index contributed by atoms with van der Waals surface area (Å²) in [5, 5.41) is 2.70. The topological polar surface area (TPSA) is 69.7 Å². The highest BCUT2D eigenvalue weighted by Gasteiger charge is 2.41. The highest BCUT2D eigenvalue weighted by Crippen LogP contribution is 2.47. The number of hydrogen-bond acceptors (Lipinski definition) is 4. The molecule has 1 N–H and O–H groups in total. The monoisotopic (exact) mass is 469 g/mol. The first-order chi connectivity index (χ1) is 15.3. The quantitative estimate of drug-likeness (QED) is 0.632. The second-order valence-electron chi connectivity index (χ2n) is 8.33. The Morgan fingerprint density at radius 1 is 0.938 bits per heavy atom. The number of benzene rings is 3. The van der Waals surface area contributed by atoms with Crippen LogP contribution in [0.25, 0.3) is 10.8 Å². The van der Waals surface area contributed by atoms with Crippen LogP contribution in [0.15, 0.2) is 65.6 Å². The standard InChI is InChI=1S/C24H24ClN3O3S/c1-16(29)27-12-14-28(15-13-27)24-21-7-3-5-17-4-2-6-20(22(17)21)23(24)26-32(30,31)19-10-8-18(25)9-11-19/h2-11,23-24,26H,12-15H2,1H3/t23-,24-/m0/s1. The van der Waals surface area contributed by atoms with Crippen LogP contribution < -0.4 is 4.72 Å². The molecule has 8 heteroatoms. The predicted octanol–water partition coefficient (Wildman–Crippen LogP) is 3.73. The van der Waals surface area contributed by atoms with Crippen molar-refractivity contribution in [2.45, 2.75) is 23.9 Å². The molecule has 0 aromatic heterocycles. The summed E-state index contributed by atoms with van der Waals surface area (Å²) in [6, 6.07) is 17.8. The third-order valence-corrected chi connectivity index (χ3v) is 8.21. The number of rotatable bonds is 4. The van der Waals surface area contributed by atoms with E-state index in [9.17, 15) is 13.2 Å². The minimum absolute atomic E-state index is 0.0708. The lowest BCUT2D eigenvalue weighted by Crippen LogP contribution is -2.50. The minimum Gasteiger partial charge on any atom is -0.340 e. The van der Waals surface area contributed by atoms with Crippen LogP contribution in [0, 0.1) is 0 Å². The molecule has 2 atom stereocenters. The maximum Gasteiger partial charge on any atom is 0.241 e. The lowest BCUT2D eigenvalue weighted by Gasteiger charge is -2.40. The second kappa shape index (κ2) is 8.15. The zero-order valence-electron chi connectivity index (χ0n) is 17.7. The SMILES string of the molecule is CC(=O)N1CCN([C@H]2c3cccc4cccc(c34)[C@@H]2NS(=O)(=O)c2ccc(Cl)cc2)CC1. The van der Waals surface area contributed by atoms with E-state index in [2.05, 4.69) is 27.8 Å². The van der Waals surface area contributed by atoms with Gasteiger partial charge in [-0.2, -0.15) is 0 Å². The lowest BCUT2D eigenvalue weighted by molar-refractivity contribution is -0.130. The highest BCUT2D eigenvalue weighted by molar-refractivity contribution is 7.89. The molecule has 1 aliphatic heterocycles. The summed E-state index contributed by atoms with van der Waals surface area (Å²) >= 11 is 5.96. The van der Waals surface area contributed by atoms with Crippen LogP contribution >= 0.6 is 11.6 Å². The average molecular weight is 470 g/mol. The molecule has 1 aliphatic carbocycles. The largest absolute Gasteiger partial charge is 0.340 e. The van der Waals surface area contributed by atoms with Crippen LogP contribution in [0.4, 0.5) is 0 Å². The van der Waals surface area contributed by atoms with Gasteiger partial charge in [0.1, 0.15) is 0 Å². The molecule has 3 aromatic rings. The summed E-state index contributed by atoms with van der Waals surface area (Å²) in [7, 11) is -3.77. The molecule has 0 unspecified atom stereocenters. The van der Waals surface area contributed by atoms with Gasteiger partial charge in [0, 0.05) is 38.1 Å². The molecule has 0 bridgehead atoms. The van der Waals surface area contributed by atoms with Crippen molar-refractivity contribution < 1.29 is 13.2 Å². The third kappa shape index (κ3) is 3.69. The Bertz CT molecular complexity index is 1280. The van der Waals surface area contributed by atoms with E-state index >= 15 is 0 Å². The Morgan fingerprint density at radius 2 is 1.56 bits per heavy atom. The van der Waals surface area contributed by atoms with Crippen LogP contribution in [-0.2, 0) is 14.8 Å². The van der Waals surface area contributed by atoms with Gasteiger partial charge in [0.25, 0.3) is 0 Å². The molecule has 1 heterocycles. The zero-order chi connectivity index (χ0) is 22.5. The van der Waals surface area contributed by atoms with E-state index < -0.39 is 16.1 Å². The molecule has 3 aromatic carbocycles. The molecule has 1 fully saturated rings. The Hall–Kier alpha value is -2.45. The maximum atomic E-state index is 13.3. The predicted molar refractivity (Wildman–Crippen MR) is 125 cm³/mol. The van der Waals surface area contributed by atoms with E-state index in [0.29, 0.717) is 31.2 Å². The maximum absolute atomic E-state index is 13.3. The number of piperazine rings is 1. The number of carbonyl (C=O) groups is 1. The van der Waals surface area contributed by atoms with E-state index in [-0.39, 0.29) is 16.8 Å². The Kier molecular flexibility index (Phi) is 5.45. The smallest absolute Gasteiger partial charge is 0.241 e. The van der Waals surface area contributed by atoms with Crippen molar-refractivity contribution in [1.29, 1.82) is 0 Å². The molecule has 5 rings (SSSR count). The normalized spacial score (nSPS) is 21.2. The van der Waals surface area contributed by atoms with E-state index in [1.165, 1.54) is 12.1 Å². The molecule has 32 heavy (non-hydrogen) atoms. The van der Waals surface area contributed by atoms with E-state index in [4.69, 9.17) is 11.6 Å². The van der Waals surface area contributed by atoms with Gasteiger partial charge in [-0.1, -0.05) is 48.0 Å². The van der Waals surface area contributed by atoms with Gasteiger partial charge >= 0.3 is 0 Å². The number of carbonyl (C=O) groups excluding carboxylic acids is 1. The second-order valence-corrected chi connectivity index (χ2v) is 10.5. The van der Waals surface area contributed by atoms with Gasteiger partial charge < -0.3 is 4.90 Å². The van der Waals surface area contributed by atoms with Crippen LogP contribution in [-0.4, -0.2) is 50.3 Å². The third-order valence-electron chi connectivity index (χ3n) is 6.50. The van der Waals surface area contributed by atoms with Crippen molar-refractivity contribution in [3.63, 3.8) is 0 Å². The molecule has 0 spiro atoms. The fourth-order valence-corrected chi connectivity index (χ4v) is 6.30. The molecule has 0 radical (unpaired) electrons. The molecule has 1 saturated heterocycles. The van der Waals surface area contributed by atoms with Crippen LogP contribution in [0.1, 0.15) is 30.1 Å². The Balaban J connectivity index is 1.54. The minimum atomic E-state index is -3.77. The van der Waals surface area contributed by atoms with Crippen molar-refractivity contribution in [1.82, 2.24) is 14.5 Å². The van der Waals surface area contributed by atoms with Crippen molar-refractivity contribution in [2.75, 3.05) is 26.2 Å². The Morgan fingerprint density at radius 3 is 2.19 bits per heavy atom. The Labute approximate surface area is 192 Å². The lowest BCUT2D eigenvalue weighted by atomic mass is 10.0. The average Bonchev–Trinajstić information content (AvgIpc) is 3.09. The number of halogens is 1. The van der Waals surface area contributed by atoms with Crippen LogP contribution in [0.2, 0.25) is 5.02 Å². The fourth-order valence-electron chi connectivity index (χ4n) is 4.95. The van der Waals surface area contributed by atoms with Crippen molar-refractivity contribution in [2.24, 2.45) is 0 Å². The van der Waals surface area contributed by atoms with Crippen molar-refractivity contribution in [3.8, 4) is 0 Å². The summed E-state index contributed by atoms with van der Waals surface area (Å²) in [6.07, 6.45) is 0. The number of amides is 1. The van der Waals surface area contributed by atoms with Crippen molar-refractivity contribution in [3.05, 3.63) is 76.8 Å². The van der Waals surface area contributed by atoms with E-state index in [1.807, 2.05) is 23.1 Å². The molecular formula is C24H24ClN3O3S. The van der Waals surface area contributed by atoms with Crippen LogP contribution in [0.3, 0.4) is 0 Å². The molecule has 6 nitrogen and oxygen atoms in total. The summed E-state index contributed by atoms with van der Waals surface area (Å²) in [5.74, 6) is 0.0708. The van der Waals surface area contributed by atoms with Gasteiger partial charge in [-0.3, -0.25) is 9.69 Å². The number of nitrogens with one attached hydrogen (secondary N) is 1. The first kappa shape index (κ1) is 21.4. The van der Waals surface area contributed by atoms with Gasteiger partial charge in [0.2, 0.25) is 15.9 Å². The van der Waals surface area contributed by atoms with Gasteiger partial charge in [-0.25, -0.2) is 13.1 Å². The molecule has 2 aliphatic rings. The van der Waals surface area contributed by atoms with Crippen LogP contribution in [0.5, 0.6) is 0 Å². The number of nitrogens with zero attached hydrogens (tertiary/aromatic N) is 2. The van der Waals surface area contributed by atoms with E-state index in [0.717, 1.165) is 21.9 Å². The first-order valence-corrected chi connectivity index (χ1v) is 12.5. The van der Waals surface area contributed by atoms with Gasteiger partial charge in [0.15, 0.2) is 0 Å². The van der Waals surface area contributed by atoms with E-state index in [1.54, 1.807) is 19.1 Å². The van der Waals surface area contributed by atoms with Gasteiger partial charge in [-0.15, -0.1) is 0 Å². The molecule has 1 amide bonds. The fraction of sp³-hybridized carbons (Fsp3) is 0.292. The first-order valence-electron chi connectivity index (χ1n) is 10.6. The zero-order valence-corrected chi connectivity index (χ0v) is 19.2. The highest BCUT2D eigenvalue weighted by atomic mass is 35.5. The molecular weight excluding hydrogens is 446 g/mol. The molecule has 166 valence electrons. The summed E-state index contributed by atoms with van der Waals surface area (Å²) < 4.78 is 29.6. The number of hydrogen-bond donors (Lipinski definition) is 1. The summed E-state index contributed by atoms with van der Waals surface area (Å²) in [6.45, 7) is 4.23. The van der Waals surface area contributed by atoms with Crippen molar-refractivity contribution >= 4 is 38.3 Å². The van der Waals surface area contributed by atoms with Gasteiger partial charge in [0.05, 0.1) is 17.0 Å². The summed E-state index contributed by atoms with van der Waals surface area (Å²) in [4.78, 5) is 16.1. The molecule has 0 saturated carbocycles.